The maximum absolute atomic E-state index is 12.0. The van der Waals surface area contributed by atoms with Gasteiger partial charge >= 0.3 is 0 Å². The van der Waals surface area contributed by atoms with Crippen LogP contribution in [0.25, 0.3) is 17.4 Å². The fourth-order valence-electron chi connectivity index (χ4n) is 2.00. The molecule has 0 spiro atoms. The monoisotopic (exact) mass is 379 g/mol. The van der Waals surface area contributed by atoms with Crippen molar-refractivity contribution in [2.24, 2.45) is 0 Å². The maximum Gasteiger partial charge on any atom is 0.234 e. The number of hydrogen-bond acceptors (Lipinski definition) is 4. The number of halogens is 1. The van der Waals surface area contributed by atoms with Crippen molar-refractivity contribution in [3.8, 4) is 11.3 Å². The normalized spacial score (nSPS) is 12.0. The van der Waals surface area contributed by atoms with E-state index in [1.54, 1.807) is 24.3 Å². The first-order valence-corrected chi connectivity index (χ1v) is 9.88. The van der Waals surface area contributed by atoms with Gasteiger partial charge in [-0.1, -0.05) is 17.7 Å². The number of nitrogens with one attached hydrogen (secondary N) is 1. The van der Waals surface area contributed by atoms with Crippen molar-refractivity contribution in [2.75, 3.05) is 0 Å². The van der Waals surface area contributed by atoms with Crippen molar-refractivity contribution >= 4 is 39.0 Å². The van der Waals surface area contributed by atoms with Crippen LogP contribution in [0.15, 0.2) is 63.7 Å². The van der Waals surface area contributed by atoms with Crippen molar-refractivity contribution in [3.05, 3.63) is 75.0 Å². The molecule has 7 heteroatoms. The van der Waals surface area contributed by atoms with Crippen LogP contribution in [0.5, 0.6) is 0 Å². The zero-order chi connectivity index (χ0) is 17.0. The second-order valence-corrected chi connectivity index (χ2v) is 8.08. The van der Waals surface area contributed by atoms with Gasteiger partial charge in [-0.25, -0.2) is 13.1 Å². The molecule has 0 unspecified atom stereocenters. The van der Waals surface area contributed by atoms with E-state index in [1.165, 1.54) is 17.4 Å². The summed E-state index contributed by atoms with van der Waals surface area (Å²) in [4.78, 5) is 0.954. The van der Waals surface area contributed by atoms with Crippen LogP contribution in [0.2, 0.25) is 5.02 Å². The molecular formula is C17H14ClNO3S2. The molecule has 2 aromatic heterocycles. The Morgan fingerprint density at radius 2 is 1.92 bits per heavy atom. The van der Waals surface area contributed by atoms with Crippen LogP contribution in [0.3, 0.4) is 0 Å². The van der Waals surface area contributed by atoms with Gasteiger partial charge < -0.3 is 4.42 Å². The maximum atomic E-state index is 12.0. The van der Waals surface area contributed by atoms with Gasteiger partial charge in [-0.05, 0) is 53.9 Å². The third-order valence-electron chi connectivity index (χ3n) is 3.19. The molecule has 0 bridgehead atoms. The molecule has 0 atom stereocenters. The quantitative estimate of drug-likeness (QED) is 0.672. The minimum Gasteiger partial charge on any atom is -0.457 e. The molecule has 0 fully saturated rings. The average Bonchev–Trinajstić information content (AvgIpc) is 3.24. The predicted octanol–water partition coefficient (Wildman–Crippen LogP) is 4.75. The molecule has 0 aliphatic heterocycles. The Labute approximate surface area is 149 Å². The summed E-state index contributed by atoms with van der Waals surface area (Å²) in [6, 6.07) is 14.5. The Bertz CT molecular complexity index is 927. The Hall–Kier alpha value is -1.86. The van der Waals surface area contributed by atoms with Crippen LogP contribution < -0.4 is 4.72 Å². The van der Waals surface area contributed by atoms with Crippen LogP contribution in [-0.4, -0.2) is 8.42 Å². The molecule has 3 rings (SSSR count). The third kappa shape index (κ3) is 4.58. The standard InChI is InChI=1S/C17H14ClNO3S2/c18-14-5-3-13(4-6-14)17-8-7-15(22-17)9-11-24(20,21)19-12-16-2-1-10-23-16/h1-11,19H,12H2. The summed E-state index contributed by atoms with van der Waals surface area (Å²) in [7, 11) is -3.52. The fourth-order valence-corrected chi connectivity index (χ4v) is 3.63. The van der Waals surface area contributed by atoms with Crippen molar-refractivity contribution < 1.29 is 12.8 Å². The van der Waals surface area contributed by atoms with E-state index in [9.17, 15) is 8.42 Å². The van der Waals surface area contributed by atoms with E-state index in [0.717, 1.165) is 15.8 Å². The molecule has 0 aliphatic rings. The number of furan rings is 1. The highest BCUT2D eigenvalue weighted by atomic mass is 35.5. The number of sulfonamides is 1. The van der Waals surface area contributed by atoms with Gasteiger partial charge in [0, 0.05) is 27.4 Å². The molecule has 1 N–H and O–H groups in total. The van der Waals surface area contributed by atoms with Crippen molar-refractivity contribution in [1.29, 1.82) is 0 Å². The van der Waals surface area contributed by atoms with Crippen LogP contribution in [0.1, 0.15) is 10.6 Å². The first-order valence-electron chi connectivity index (χ1n) is 7.08. The number of rotatable bonds is 6. The third-order valence-corrected chi connectivity index (χ3v) is 5.36. The average molecular weight is 380 g/mol. The molecule has 0 saturated heterocycles. The first-order chi connectivity index (χ1) is 11.5. The zero-order valence-corrected chi connectivity index (χ0v) is 14.9. The number of benzene rings is 1. The summed E-state index contributed by atoms with van der Waals surface area (Å²) in [5.74, 6) is 1.11. The van der Waals surface area contributed by atoms with Crippen LogP contribution in [-0.2, 0) is 16.6 Å². The number of thiophene rings is 1. The summed E-state index contributed by atoms with van der Waals surface area (Å²) in [5, 5.41) is 3.65. The molecule has 124 valence electrons. The van der Waals surface area contributed by atoms with Gasteiger partial charge in [0.15, 0.2) is 0 Å². The molecule has 24 heavy (non-hydrogen) atoms. The van der Waals surface area contributed by atoms with Gasteiger partial charge in [0.25, 0.3) is 0 Å². The lowest BCUT2D eigenvalue weighted by atomic mass is 10.2. The largest absolute Gasteiger partial charge is 0.457 e. The topological polar surface area (TPSA) is 59.3 Å². The Kier molecular flexibility index (Phi) is 5.20. The van der Waals surface area contributed by atoms with Gasteiger partial charge in [-0.2, -0.15) is 0 Å². The van der Waals surface area contributed by atoms with E-state index >= 15 is 0 Å². The van der Waals surface area contributed by atoms with Crippen LogP contribution >= 0.6 is 22.9 Å². The predicted molar refractivity (Wildman–Crippen MR) is 98.3 cm³/mol. The fraction of sp³-hybridized carbons (Fsp3) is 0.0588. The molecule has 3 aromatic rings. The molecule has 0 radical (unpaired) electrons. The molecule has 0 aliphatic carbocycles. The Balaban J connectivity index is 1.67. The highest BCUT2D eigenvalue weighted by molar-refractivity contribution is 7.92. The molecular weight excluding hydrogens is 366 g/mol. The smallest absolute Gasteiger partial charge is 0.234 e. The van der Waals surface area contributed by atoms with E-state index in [2.05, 4.69) is 4.72 Å². The second-order valence-electron chi connectivity index (χ2n) is 4.96. The van der Waals surface area contributed by atoms with Crippen molar-refractivity contribution in [1.82, 2.24) is 4.72 Å². The lowest BCUT2D eigenvalue weighted by molar-refractivity contribution is 0.571. The Morgan fingerprint density at radius 1 is 1.12 bits per heavy atom. The minimum atomic E-state index is -3.52. The van der Waals surface area contributed by atoms with Gasteiger partial charge in [-0.3, -0.25) is 0 Å². The summed E-state index contributed by atoms with van der Waals surface area (Å²) >= 11 is 7.36. The van der Waals surface area contributed by atoms with Crippen molar-refractivity contribution in [2.45, 2.75) is 6.54 Å². The van der Waals surface area contributed by atoms with E-state index in [-0.39, 0.29) is 6.54 Å². The zero-order valence-electron chi connectivity index (χ0n) is 12.5. The van der Waals surface area contributed by atoms with Crippen molar-refractivity contribution in [3.63, 3.8) is 0 Å². The summed E-state index contributed by atoms with van der Waals surface area (Å²) in [6.07, 6.45) is 1.43. The van der Waals surface area contributed by atoms with Crippen LogP contribution in [0, 0.1) is 0 Å². The molecule has 0 amide bonds. The Morgan fingerprint density at radius 3 is 2.62 bits per heavy atom. The first kappa shape index (κ1) is 17.0. The van der Waals surface area contributed by atoms with E-state index in [0.29, 0.717) is 16.5 Å². The second kappa shape index (κ2) is 7.36. The van der Waals surface area contributed by atoms with Gasteiger partial charge in [0.2, 0.25) is 10.0 Å². The SMILES string of the molecule is O=S(=O)(C=Cc1ccc(-c2ccc(Cl)cc2)o1)NCc1cccs1. The highest BCUT2D eigenvalue weighted by Crippen LogP contribution is 2.24. The summed E-state index contributed by atoms with van der Waals surface area (Å²) in [6.45, 7) is 0.276. The van der Waals surface area contributed by atoms with E-state index < -0.39 is 10.0 Å². The van der Waals surface area contributed by atoms with Gasteiger partial charge in [-0.15, -0.1) is 11.3 Å². The number of hydrogen-bond donors (Lipinski definition) is 1. The van der Waals surface area contributed by atoms with Crippen LogP contribution in [0.4, 0.5) is 0 Å². The minimum absolute atomic E-state index is 0.276. The molecule has 4 nitrogen and oxygen atoms in total. The lowest BCUT2D eigenvalue weighted by Crippen LogP contribution is -2.19. The summed E-state index contributed by atoms with van der Waals surface area (Å²) in [5.41, 5.74) is 0.873. The van der Waals surface area contributed by atoms with Gasteiger partial charge in [0.05, 0.1) is 0 Å². The van der Waals surface area contributed by atoms with E-state index in [1.807, 2.05) is 29.6 Å². The summed E-state index contributed by atoms with van der Waals surface area (Å²) < 4.78 is 32.1. The molecule has 1 aromatic carbocycles. The van der Waals surface area contributed by atoms with Gasteiger partial charge in [0.1, 0.15) is 11.5 Å². The lowest BCUT2D eigenvalue weighted by Gasteiger charge is -2.00. The van der Waals surface area contributed by atoms with E-state index in [4.69, 9.17) is 16.0 Å². The molecule has 0 saturated carbocycles. The highest BCUT2D eigenvalue weighted by Gasteiger charge is 2.07. The molecule has 2 heterocycles.